The van der Waals surface area contributed by atoms with Crippen molar-refractivity contribution in [2.75, 3.05) is 0 Å². The minimum atomic E-state index is 0.946. The lowest BCUT2D eigenvalue weighted by Crippen LogP contribution is -1.90. The van der Waals surface area contributed by atoms with E-state index in [0.29, 0.717) is 0 Å². The van der Waals surface area contributed by atoms with Crippen molar-refractivity contribution in [3.63, 3.8) is 0 Å². The van der Waals surface area contributed by atoms with Crippen LogP contribution in [0.4, 0.5) is 0 Å². The van der Waals surface area contributed by atoms with Crippen LogP contribution in [0.2, 0.25) is 0 Å². The van der Waals surface area contributed by atoms with Crippen molar-refractivity contribution in [1.82, 2.24) is 9.97 Å². The zero-order valence-electron chi connectivity index (χ0n) is 14.5. The molecule has 0 bridgehead atoms. The molecule has 0 radical (unpaired) electrons. The molecule has 0 saturated heterocycles. The van der Waals surface area contributed by atoms with Gasteiger partial charge >= 0.3 is 0 Å². The van der Waals surface area contributed by atoms with Gasteiger partial charge in [-0.15, -0.1) is 0 Å². The molecule has 4 aromatic rings. The summed E-state index contributed by atoms with van der Waals surface area (Å²) in [5.41, 5.74) is 5.59. The van der Waals surface area contributed by atoms with Gasteiger partial charge < -0.3 is 0 Å². The lowest BCUT2D eigenvalue weighted by atomic mass is 10.0. The predicted octanol–water partition coefficient (Wildman–Crippen LogP) is 6.27. The zero-order valence-corrected chi connectivity index (χ0v) is 15.3. The highest BCUT2D eigenvalue weighted by Crippen LogP contribution is 2.32. The molecule has 0 aliphatic rings. The molecule has 3 heteroatoms. The van der Waals surface area contributed by atoms with Gasteiger partial charge in [-0.2, -0.15) is 0 Å². The molecule has 2 aromatic heterocycles. The summed E-state index contributed by atoms with van der Waals surface area (Å²) in [5, 5.41) is 1.90. The van der Waals surface area contributed by atoms with E-state index in [-0.39, 0.29) is 0 Å². The van der Waals surface area contributed by atoms with Crippen LogP contribution in [0.15, 0.2) is 101 Å². The Bertz CT molecular complexity index is 940. The summed E-state index contributed by atoms with van der Waals surface area (Å²) in [6.45, 7) is 2.04. The van der Waals surface area contributed by atoms with Crippen molar-refractivity contribution in [2.45, 2.75) is 17.0 Å². The van der Waals surface area contributed by atoms with E-state index in [0.717, 1.165) is 32.4 Å². The number of hydrogen-bond donors (Lipinski definition) is 0. The molecule has 0 aliphatic carbocycles. The Balaban J connectivity index is 1.78. The van der Waals surface area contributed by atoms with Crippen LogP contribution in [-0.4, -0.2) is 9.97 Å². The number of aryl methyl sites for hydroxylation is 1. The third-order valence-electron chi connectivity index (χ3n) is 4.07. The van der Waals surface area contributed by atoms with E-state index in [4.69, 9.17) is 4.98 Å². The normalized spacial score (nSPS) is 10.7. The van der Waals surface area contributed by atoms with Crippen LogP contribution in [0.25, 0.3) is 22.4 Å². The summed E-state index contributed by atoms with van der Waals surface area (Å²) in [6, 6.07) is 29.1. The Labute approximate surface area is 158 Å². The number of rotatable bonds is 4. The third-order valence-corrected chi connectivity index (χ3v) is 4.94. The summed E-state index contributed by atoms with van der Waals surface area (Å²) >= 11 is 1.59. The molecule has 0 N–H and O–H groups in total. The lowest BCUT2D eigenvalue weighted by Gasteiger charge is -2.09. The van der Waals surface area contributed by atoms with Gasteiger partial charge in [-0.25, -0.2) is 9.97 Å². The largest absolute Gasteiger partial charge is 0.249 e. The van der Waals surface area contributed by atoms with Crippen LogP contribution in [0.5, 0.6) is 0 Å². The second kappa shape index (κ2) is 7.54. The van der Waals surface area contributed by atoms with Gasteiger partial charge in [-0.3, -0.25) is 0 Å². The van der Waals surface area contributed by atoms with Crippen LogP contribution in [-0.2, 0) is 0 Å². The molecule has 26 heavy (non-hydrogen) atoms. The number of benzene rings is 2. The first-order chi connectivity index (χ1) is 12.8. The molecule has 0 saturated carbocycles. The van der Waals surface area contributed by atoms with E-state index in [1.54, 1.807) is 11.8 Å². The molecule has 0 spiro atoms. The highest BCUT2D eigenvalue weighted by Gasteiger charge is 2.09. The Morgan fingerprint density at radius 3 is 2.00 bits per heavy atom. The maximum atomic E-state index is 4.87. The monoisotopic (exact) mass is 354 g/mol. The fourth-order valence-electron chi connectivity index (χ4n) is 2.73. The number of hydrogen-bond acceptors (Lipinski definition) is 3. The van der Waals surface area contributed by atoms with Crippen LogP contribution in [0.1, 0.15) is 5.56 Å². The molecule has 0 unspecified atom stereocenters. The smallest absolute Gasteiger partial charge is 0.104 e. The average molecular weight is 354 g/mol. The molecule has 2 heterocycles. The number of pyridine rings is 2. The van der Waals surface area contributed by atoms with Gasteiger partial charge in [-0.1, -0.05) is 78.5 Å². The van der Waals surface area contributed by atoms with Gasteiger partial charge in [0.2, 0.25) is 0 Å². The van der Waals surface area contributed by atoms with Crippen molar-refractivity contribution in [3.05, 3.63) is 96.7 Å². The van der Waals surface area contributed by atoms with Crippen molar-refractivity contribution in [1.29, 1.82) is 0 Å². The Morgan fingerprint density at radius 1 is 0.654 bits per heavy atom. The van der Waals surface area contributed by atoms with Crippen molar-refractivity contribution >= 4 is 11.8 Å². The molecular formula is C23H18N2S. The summed E-state index contributed by atoms with van der Waals surface area (Å²) in [6.07, 6.45) is 1.89. The van der Waals surface area contributed by atoms with Crippen LogP contribution in [0, 0.1) is 6.92 Å². The molecule has 0 amide bonds. The van der Waals surface area contributed by atoms with Crippen LogP contribution < -0.4 is 0 Å². The van der Waals surface area contributed by atoms with E-state index >= 15 is 0 Å². The van der Waals surface area contributed by atoms with E-state index in [2.05, 4.69) is 59.6 Å². The van der Waals surface area contributed by atoms with E-state index < -0.39 is 0 Å². The maximum absolute atomic E-state index is 4.87. The van der Waals surface area contributed by atoms with Crippen LogP contribution >= 0.6 is 11.8 Å². The topological polar surface area (TPSA) is 25.8 Å². The van der Waals surface area contributed by atoms with E-state index in [1.165, 1.54) is 5.56 Å². The fraction of sp³-hybridized carbons (Fsp3) is 0.0435. The van der Waals surface area contributed by atoms with Crippen LogP contribution in [0.3, 0.4) is 0 Å². The quantitative estimate of drug-likeness (QED) is 0.432. The van der Waals surface area contributed by atoms with Gasteiger partial charge in [0.05, 0.1) is 5.69 Å². The molecule has 0 atom stereocenters. The van der Waals surface area contributed by atoms with E-state index in [9.17, 15) is 0 Å². The molecule has 126 valence electrons. The standard InChI is InChI=1S/C23H18N2S/c1-17-12-13-22(24-16-17)26-23-15-20(18-8-4-2-5-9-18)14-21(25-23)19-10-6-3-7-11-19/h2-16H,1H3. The SMILES string of the molecule is Cc1ccc(Sc2cc(-c3ccccc3)cc(-c3ccccc3)n2)nc1. The fourth-order valence-corrected chi connectivity index (χ4v) is 3.52. The number of aromatic nitrogens is 2. The maximum Gasteiger partial charge on any atom is 0.104 e. The first-order valence-electron chi connectivity index (χ1n) is 8.51. The highest BCUT2D eigenvalue weighted by molar-refractivity contribution is 7.99. The number of nitrogens with zero attached hydrogens (tertiary/aromatic N) is 2. The summed E-state index contributed by atoms with van der Waals surface area (Å²) in [4.78, 5) is 9.37. The molecule has 0 aliphatic heterocycles. The van der Waals surface area contributed by atoms with Gasteiger partial charge in [0.15, 0.2) is 0 Å². The van der Waals surface area contributed by atoms with Gasteiger partial charge in [0.25, 0.3) is 0 Å². The predicted molar refractivity (Wildman–Crippen MR) is 108 cm³/mol. The zero-order chi connectivity index (χ0) is 17.8. The van der Waals surface area contributed by atoms with Gasteiger partial charge in [0, 0.05) is 11.8 Å². The second-order valence-corrected chi connectivity index (χ2v) is 7.13. The van der Waals surface area contributed by atoms with Crippen molar-refractivity contribution in [3.8, 4) is 22.4 Å². The molecule has 2 aromatic carbocycles. The Kier molecular flexibility index (Phi) is 4.80. The van der Waals surface area contributed by atoms with Crippen molar-refractivity contribution in [2.24, 2.45) is 0 Å². The summed E-state index contributed by atoms with van der Waals surface area (Å²) < 4.78 is 0. The minimum absolute atomic E-state index is 0.946. The summed E-state index contributed by atoms with van der Waals surface area (Å²) in [5.74, 6) is 0. The van der Waals surface area contributed by atoms with Gasteiger partial charge in [-0.05, 0) is 41.8 Å². The molecule has 0 fully saturated rings. The molecule has 2 nitrogen and oxygen atoms in total. The minimum Gasteiger partial charge on any atom is -0.249 e. The van der Waals surface area contributed by atoms with Gasteiger partial charge in [0.1, 0.15) is 10.1 Å². The second-order valence-electron chi connectivity index (χ2n) is 6.09. The summed E-state index contributed by atoms with van der Waals surface area (Å²) in [7, 11) is 0. The third kappa shape index (κ3) is 3.84. The lowest BCUT2D eigenvalue weighted by molar-refractivity contribution is 1.08. The Hall–Kier alpha value is -2.91. The Morgan fingerprint density at radius 2 is 1.35 bits per heavy atom. The van der Waals surface area contributed by atoms with Crippen molar-refractivity contribution < 1.29 is 0 Å². The highest BCUT2D eigenvalue weighted by atomic mass is 32.2. The van der Waals surface area contributed by atoms with E-state index in [1.807, 2.05) is 43.5 Å². The first kappa shape index (κ1) is 16.6. The molecule has 4 rings (SSSR count). The molecular weight excluding hydrogens is 336 g/mol. The average Bonchev–Trinajstić information content (AvgIpc) is 2.71. The first-order valence-corrected chi connectivity index (χ1v) is 9.33.